The molecule has 166 valence electrons. The van der Waals surface area contributed by atoms with Gasteiger partial charge in [-0.25, -0.2) is 5.26 Å². The molecule has 9 atom stereocenters. The van der Waals surface area contributed by atoms with Crippen molar-refractivity contribution in [3.05, 3.63) is 12.2 Å². The second kappa shape index (κ2) is 8.82. The van der Waals surface area contributed by atoms with Gasteiger partial charge in [0.2, 0.25) is 0 Å². The van der Waals surface area contributed by atoms with Gasteiger partial charge in [0.15, 0.2) is 12.3 Å². The molecule has 0 heterocycles. The third-order valence-corrected chi connectivity index (χ3v) is 10.5. The van der Waals surface area contributed by atoms with Crippen LogP contribution in [0.2, 0.25) is 0 Å². The summed E-state index contributed by atoms with van der Waals surface area (Å²) in [7, 11) is 0. The normalized spacial score (nSPS) is 48.2. The van der Waals surface area contributed by atoms with Crippen LogP contribution in [0.3, 0.4) is 0 Å². The molecule has 0 amide bonds. The van der Waals surface area contributed by atoms with Gasteiger partial charge in [0, 0.05) is 0 Å². The van der Waals surface area contributed by atoms with E-state index < -0.39 is 0 Å². The van der Waals surface area contributed by atoms with Crippen LogP contribution < -0.4 is 0 Å². The molecule has 4 aliphatic carbocycles. The van der Waals surface area contributed by atoms with Crippen LogP contribution in [0, 0.1) is 46.3 Å². The van der Waals surface area contributed by atoms with Gasteiger partial charge in [-0.3, -0.25) is 4.18 Å². The highest BCUT2D eigenvalue weighted by Gasteiger charge is 2.60. The fraction of sp³-hybridized carbons (Fsp3) is 0.917. The van der Waals surface area contributed by atoms with Gasteiger partial charge in [0.25, 0.3) is 0 Å². The second-order valence-electron chi connectivity index (χ2n) is 11.0. The molecule has 5 heteroatoms. The van der Waals surface area contributed by atoms with E-state index in [2.05, 4.69) is 49.2 Å². The van der Waals surface area contributed by atoms with Crippen LogP contribution in [0.15, 0.2) is 12.2 Å². The van der Waals surface area contributed by atoms with Crippen molar-refractivity contribution >= 4 is 12.3 Å². The second-order valence-corrected chi connectivity index (χ2v) is 11.4. The summed E-state index contributed by atoms with van der Waals surface area (Å²) >= 11 is 0.762. The molecule has 0 radical (unpaired) electrons. The molecule has 0 saturated heterocycles. The summed E-state index contributed by atoms with van der Waals surface area (Å²) in [5, 5.41) is 12.0. The van der Waals surface area contributed by atoms with Crippen molar-refractivity contribution < 1.29 is 18.8 Å². The van der Waals surface area contributed by atoms with E-state index >= 15 is 0 Å². The molecule has 1 N–H and O–H groups in total. The number of hydrogen-bond acceptors (Lipinski definition) is 5. The Labute approximate surface area is 181 Å². The Morgan fingerprint density at radius 1 is 1.00 bits per heavy atom. The summed E-state index contributed by atoms with van der Waals surface area (Å²) in [6.45, 7) is 9.87. The largest absolute Gasteiger partial charge is 0.286 e. The molecule has 0 aromatic rings. The number of allylic oxidation sites excluding steroid dienone is 2. The molecule has 29 heavy (non-hydrogen) atoms. The van der Waals surface area contributed by atoms with Crippen molar-refractivity contribution in [2.45, 2.75) is 91.6 Å². The van der Waals surface area contributed by atoms with Gasteiger partial charge in [-0.2, -0.15) is 0 Å². The average Bonchev–Trinajstić information content (AvgIpc) is 3.06. The molecule has 0 aromatic heterocycles. The van der Waals surface area contributed by atoms with Crippen molar-refractivity contribution in [2.24, 2.45) is 46.3 Å². The van der Waals surface area contributed by atoms with E-state index in [9.17, 15) is 0 Å². The zero-order chi connectivity index (χ0) is 20.6. The Bertz CT molecular complexity index is 597. The van der Waals surface area contributed by atoms with E-state index in [4.69, 9.17) is 9.44 Å². The molecule has 4 rings (SSSR count). The van der Waals surface area contributed by atoms with Crippen LogP contribution >= 0.6 is 12.3 Å². The van der Waals surface area contributed by atoms with Crippen LogP contribution in [0.5, 0.6) is 0 Å². The Morgan fingerprint density at radius 3 is 2.52 bits per heavy atom. The average molecular weight is 425 g/mol. The molecule has 4 saturated carbocycles. The topological polar surface area (TPSA) is 47.9 Å². The molecule has 0 spiro atoms. The van der Waals surface area contributed by atoms with Crippen LogP contribution in [-0.2, 0) is 13.6 Å². The standard InChI is InChI=1S/C24H40O4S/c1-5-6-16(2)20-9-10-21-19-8-7-17-15-18(26-29-28-27-25)11-13-23(17,3)22(19)12-14-24(20,21)4/h5-6,16-22,25H,7-15H2,1-4H3/b6-5+/t16?,17?,18-,19-,20?,21?,22?,23-,24+/m0/s1. The first-order valence-electron chi connectivity index (χ1n) is 11.9. The highest BCUT2D eigenvalue weighted by Crippen LogP contribution is 2.68. The minimum atomic E-state index is 0.205. The van der Waals surface area contributed by atoms with Gasteiger partial charge in [-0.15, -0.1) is 4.33 Å². The molecule has 0 aromatic carbocycles. The predicted octanol–water partition coefficient (Wildman–Crippen LogP) is 7.23. The van der Waals surface area contributed by atoms with E-state index in [1.807, 2.05) is 0 Å². The van der Waals surface area contributed by atoms with Gasteiger partial charge >= 0.3 is 0 Å². The Hall–Kier alpha value is -0.0700. The fourth-order valence-electron chi connectivity index (χ4n) is 8.73. The van der Waals surface area contributed by atoms with E-state index in [0.29, 0.717) is 16.7 Å². The Balaban J connectivity index is 1.46. The van der Waals surface area contributed by atoms with Crippen LogP contribution in [0.1, 0.15) is 85.5 Å². The van der Waals surface area contributed by atoms with E-state index in [1.54, 1.807) is 0 Å². The summed E-state index contributed by atoms with van der Waals surface area (Å²) in [5.74, 6) is 5.08. The molecule has 4 nitrogen and oxygen atoms in total. The van der Waals surface area contributed by atoms with E-state index in [-0.39, 0.29) is 6.10 Å². The first-order valence-corrected chi connectivity index (χ1v) is 12.5. The first kappa shape index (κ1) is 22.1. The summed E-state index contributed by atoms with van der Waals surface area (Å²) in [4.78, 5) is 0. The smallest absolute Gasteiger partial charge is 0.197 e. The maximum atomic E-state index is 8.31. The molecular weight excluding hydrogens is 384 g/mol. The molecule has 4 fully saturated rings. The van der Waals surface area contributed by atoms with Crippen molar-refractivity contribution in [3.8, 4) is 0 Å². The lowest BCUT2D eigenvalue weighted by Crippen LogP contribution is -2.54. The lowest BCUT2D eigenvalue weighted by molar-refractivity contribution is -0.434. The third-order valence-electron chi connectivity index (χ3n) is 10.1. The fourth-order valence-corrected chi connectivity index (χ4v) is 9.07. The molecular formula is C24H40O4S. The van der Waals surface area contributed by atoms with Gasteiger partial charge in [-0.05, 0) is 111 Å². The van der Waals surface area contributed by atoms with Crippen molar-refractivity contribution in [3.63, 3.8) is 0 Å². The summed E-state index contributed by atoms with van der Waals surface area (Å²) in [6.07, 6.45) is 16.8. The maximum Gasteiger partial charge on any atom is 0.197 e. The highest BCUT2D eigenvalue weighted by atomic mass is 32.2. The number of fused-ring (bicyclic) bond motifs is 5. The Kier molecular flexibility index (Phi) is 6.73. The summed E-state index contributed by atoms with van der Waals surface area (Å²) in [5.41, 5.74) is 1.01. The minimum absolute atomic E-state index is 0.205. The molecule has 0 aliphatic heterocycles. The van der Waals surface area contributed by atoms with Crippen LogP contribution in [0.4, 0.5) is 0 Å². The van der Waals surface area contributed by atoms with Gasteiger partial charge in [0.05, 0.1) is 6.10 Å². The van der Waals surface area contributed by atoms with Gasteiger partial charge in [0.1, 0.15) is 0 Å². The van der Waals surface area contributed by atoms with Crippen LogP contribution in [0.25, 0.3) is 0 Å². The zero-order valence-corrected chi connectivity index (χ0v) is 19.5. The number of rotatable bonds is 6. The Morgan fingerprint density at radius 2 is 1.76 bits per heavy atom. The van der Waals surface area contributed by atoms with Crippen molar-refractivity contribution in [2.75, 3.05) is 0 Å². The third kappa shape index (κ3) is 3.84. The molecule has 0 bridgehead atoms. The van der Waals surface area contributed by atoms with Gasteiger partial charge < -0.3 is 0 Å². The van der Waals surface area contributed by atoms with Crippen LogP contribution in [-0.4, -0.2) is 11.4 Å². The predicted molar refractivity (Wildman–Crippen MR) is 116 cm³/mol. The minimum Gasteiger partial charge on any atom is -0.286 e. The summed E-state index contributed by atoms with van der Waals surface area (Å²) < 4.78 is 10.1. The van der Waals surface area contributed by atoms with Gasteiger partial charge in [-0.1, -0.05) is 38.0 Å². The monoisotopic (exact) mass is 424 g/mol. The highest BCUT2D eigenvalue weighted by molar-refractivity contribution is 7.89. The van der Waals surface area contributed by atoms with E-state index in [0.717, 1.165) is 54.8 Å². The van der Waals surface area contributed by atoms with E-state index in [1.165, 1.54) is 44.9 Å². The van der Waals surface area contributed by atoms with Crippen molar-refractivity contribution in [1.82, 2.24) is 0 Å². The quantitative estimate of drug-likeness (QED) is 0.160. The summed E-state index contributed by atoms with van der Waals surface area (Å²) in [6, 6.07) is 0. The molecule has 4 aliphatic rings. The molecule has 5 unspecified atom stereocenters. The van der Waals surface area contributed by atoms with Crippen molar-refractivity contribution in [1.29, 1.82) is 0 Å². The maximum absolute atomic E-state index is 8.31. The number of hydrogen-bond donors (Lipinski definition) is 1. The zero-order valence-electron chi connectivity index (χ0n) is 18.6. The first-order chi connectivity index (χ1) is 13.9. The lowest BCUT2D eigenvalue weighted by atomic mass is 9.44. The SMILES string of the molecule is C/C=C/C(C)C1CCC2[C@@H]3CCC4C[C@@H](OSOOO)CC[C@]4(C)C3CC[C@]12C. The lowest BCUT2D eigenvalue weighted by Gasteiger charge is -2.61.